The zero-order chi connectivity index (χ0) is 10.9. The summed E-state index contributed by atoms with van der Waals surface area (Å²) in [6.07, 6.45) is 4.31. The molecule has 4 heteroatoms. The Morgan fingerprint density at radius 1 is 1.31 bits per heavy atom. The SMILES string of the molecule is CC(N)c1noc(C2C3C4CCC(C4)C23)n1. The largest absolute Gasteiger partial charge is 0.339 e. The van der Waals surface area contributed by atoms with Gasteiger partial charge in [-0.25, -0.2) is 0 Å². The van der Waals surface area contributed by atoms with Crippen molar-refractivity contribution in [2.24, 2.45) is 29.4 Å². The van der Waals surface area contributed by atoms with Gasteiger partial charge in [-0.2, -0.15) is 4.98 Å². The van der Waals surface area contributed by atoms with Gasteiger partial charge in [-0.1, -0.05) is 5.16 Å². The molecule has 1 aromatic rings. The molecule has 4 nitrogen and oxygen atoms in total. The molecule has 2 bridgehead atoms. The summed E-state index contributed by atoms with van der Waals surface area (Å²) >= 11 is 0. The third kappa shape index (κ3) is 1.03. The van der Waals surface area contributed by atoms with Gasteiger partial charge in [0.1, 0.15) is 0 Å². The van der Waals surface area contributed by atoms with E-state index in [1.165, 1.54) is 19.3 Å². The Bertz CT molecular complexity index is 412. The van der Waals surface area contributed by atoms with Crippen LogP contribution in [0.25, 0.3) is 0 Å². The molecule has 16 heavy (non-hydrogen) atoms. The van der Waals surface area contributed by atoms with Gasteiger partial charge in [0, 0.05) is 5.92 Å². The Hall–Kier alpha value is -0.900. The first-order valence-corrected chi connectivity index (χ1v) is 6.35. The Labute approximate surface area is 94.6 Å². The zero-order valence-electron chi connectivity index (χ0n) is 9.47. The Kier molecular flexibility index (Phi) is 1.64. The Morgan fingerprint density at radius 3 is 2.56 bits per heavy atom. The molecule has 1 aromatic heterocycles. The van der Waals surface area contributed by atoms with Crippen LogP contribution in [0, 0.1) is 23.7 Å². The molecule has 86 valence electrons. The Morgan fingerprint density at radius 2 is 2.00 bits per heavy atom. The van der Waals surface area contributed by atoms with Crippen molar-refractivity contribution < 1.29 is 4.52 Å². The van der Waals surface area contributed by atoms with Gasteiger partial charge in [0.15, 0.2) is 5.82 Å². The summed E-state index contributed by atoms with van der Waals surface area (Å²) in [5.41, 5.74) is 5.75. The lowest BCUT2D eigenvalue weighted by atomic mass is 10.0. The van der Waals surface area contributed by atoms with Crippen molar-refractivity contribution in [1.29, 1.82) is 0 Å². The van der Waals surface area contributed by atoms with Gasteiger partial charge >= 0.3 is 0 Å². The van der Waals surface area contributed by atoms with Crippen LogP contribution >= 0.6 is 0 Å². The van der Waals surface area contributed by atoms with Gasteiger partial charge in [0.05, 0.1) is 6.04 Å². The van der Waals surface area contributed by atoms with Crippen LogP contribution in [0.4, 0.5) is 0 Å². The second kappa shape index (κ2) is 2.86. The fourth-order valence-electron chi connectivity index (χ4n) is 4.22. The first kappa shape index (κ1) is 9.16. The fraction of sp³-hybridized carbons (Fsp3) is 0.833. The molecule has 3 aliphatic rings. The van der Waals surface area contributed by atoms with Crippen molar-refractivity contribution in [1.82, 2.24) is 10.1 Å². The Balaban J connectivity index is 1.59. The highest BCUT2D eigenvalue weighted by molar-refractivity contribution is 5.22. The molecule has 5 unspecified atom stereocenters. The monoisotopic (exact) mass is 219 g/mol. The van der Waals surface area contributed by atoms with Gasteiger partial charge < -0.3 is 10.3 Å². The first-order valence-electron chi connectivity index (χ1n) is 6.35. The third-order valence-corrected chi connectivity index (χ3v) is 4.89. The predicted molar refractivity (Wildman–Crippen MR) is 57.5 cm³/mol. The molecular formula is C12H17N3O. The topological polar surface area (TPSA) is 64.9 Å². The molecule has 0 aromatic carbocycles. The highest BCUT2D eigenvalue weighted by Crippen LogP contribution is 2.72. The average Bonchev–Trinajstić information content (AvgIpc) is 2.74. The second-order valence-corrected chi connectivity index (χ2v) is 5.79. The van der Waals surface area contributed by atoms with E-state index in [1.54, 1.807) is 0 Å². The summed E-state index contributed by atoms with van der Waals surface area (Å²) in [6.45, 7) is 1.89. The van der Waals surface area contributed by atoms with Crippen molar-refractivity contribution in [3.63, 3.8) is 0 Å². The van der Waals surface area contributed by atoms with Gasteiger partial charge in [-0.15, -0.1) is 0 Å². The number of fused-ring (bicyclic) bond motifs is 5. The summed E-state index contributed by atoms with van der Waals surface area (Å²) in [5, 5.41) is 3.96. The van der Waals surface area contributed by atoms with Crippen LogP contribution in [0.3, 0.4) is 0 Å². The van der Waals surface area contributed by atoms with E-state index < -0.39 is 0 Å². The first-order chi connectivity index (χ1) is 7.75. The molecule has 4 rings (SSSR count). The quantitative estimate of drug-likeness (QED) is 0.824. The molecule has 2 N–H and O–H groups in total. The summed E-state index contributed by atoms with van der Waals surface area (Å²) < 4.78 is 5.37. The molecule has 1 heterocycles. The maximum absolute atomic E-state index is 5.75. The van der Waals surface area contributed by atoms with Gasteiger partial charge in [-0.05, 0) is 49.9 Å². The lowest BCUT2D eigenvalue weighted by Gasteiger charge is -2.04. The maximum Gasteiger partial charge on any atom is 0.230 e. The molecule has 3 aliphatic carbocycles. The van der Waals surface area contributed by atoms with E-state index in [9.17, 15) is 0 Å². The van der Waals surface area contributed by atoms with Crippen LogP contribution in [0.5, 0.6) is 0 Å². The number of rotatable bonds is 2. The molecule has 5 atom stereocenters. The van der Waals surface area contributed by atoms with Crippen molar-refractivity contribution in [3.05, 3.63) is 11.7 Å². The van der Waals surface area contributed by atoms with Crippen LogP contribution in [0.1, 0.15) is 49.9 Å². The molecule has 0 aliphatic heterocycles. The summed E-state index contributed by atoms with van der Waals surface area (Å²) in [5.74, 6) is 5.72. The lowest BCUT2D eigenvalue weighted by Crippen LogP contribution is -2.07. The second-order valence-electron chi connectivity index (χ2n) is 5.79. The third-order valence-electron chi connectivity index (χ3n) is 4.89. The maximum atomic E-state index is 5.75. The van der Waals surface area contributed by atoms with Crippen LogP contribution in [-0.2, 0) is 0 Å². The minimum atomic E-state index is -0.118. The standard InChI is InChI=1S/C12H17N3O/c1-5(13)11-14-12(16-15-11)10-8-6-2-3-7(4-6)9(8)10/h5-10H,2-4,13H2,1H3. The predicted octanol–water partition coefficient (Wildman–Crippen LogP) is 1.85. The minimum absolute atomic E-state index is 0.118. The van der Waals surface area contributed by atoms with E-state index in [2.05, 4.69) is 10.1 Å². The highest BCUT2D eigenvalue weighted by atomic mass is 16.5. The number of hydrogen-bond acceptors (Lipinski definition) is 4. The van der Waals surface area contributed by atoms with Crippen LogP contribution in [0.15, 0.2) is 4.52 Å². The molecule has 3 saturated carbocycles. The fourth-order valence-corrected chi connectivity index (χ4v) is 4.22. The van der Waals surface area contributed by atoms with E-state index in [1.807, 2.05) is 6.92 Å². The van der Waals surface area contributed by atoms with Crippen molar-refractivity contribution in [3.8, 4) is 0 Å². The molecule has 0 saturated heterocycles. The van der Waals surface area contributed by atoms with Crippen LogP contribution in [-0.4, -0.2) is 10.1 Å². The van der Waals surface area contributed by atoms with Gasteiger partial charge in [0.25, 0.3) is 0 Å². The number of nitrogens with two attached hydrogens (primary N) is 1. The van der Waals surface area contributed by atoms with Gasteiger partial charge in [0.2, 0.25) is 5.89 Å². The van der Waals surface area contributed by atoms with E-state index in [0.717, 1.165) is 29.6 Å². The number of hydrogen-bond donors (Lipinski definition) is 1. The van der Waals surface area contributed by atoms with Crippen molar-refractivity contribution >= 4 is 0 Å². The zero-order valence-corrected chi connectivity index (χ0v) is 9.47. The molecule has 0 radical (unpaired) electrons. The highest BCUT2D eigenvalue weighted by Gasteiger charge is 2.67. The van der Waals surface area contributed by atoms with Crippen LogP contribution in [0.2, 0.25) is 0 Å². The lowest BCUT2D eigenvalue weighted by molar-refractivity contribution is 0.351. The molecule has 0 spiro atoms. The smallest absolute Gasteiger partial charge is 0.230 e. The van der Waals surface area contributed by atoms with Crippen LogP contribution < -0.4 is 5.73 Å². The van der Waals surface area contributed by atoms with E-state index in [-0.39, 0.29) is 6.04 Å². The summed E-state index contributed by atoms with van der Waals surface area (Å²) in [6, 6.07) is -0.118. The number of aromatic nitrogens is 2. The summed E-state index contributed by atoms with van der Waals surface area (Å²) in [7, 11) is 0. The molecule has 3 fully saturated rings. The average molecular weight is 219 g/mol. The molecule has 0 amide bonds. The van der Waals surface area contributed by atoms with E-state index in [4.69, 9.17) is 10.3 Å². The van der Waals surface area contributed by atoms with E-state index in [0.29, 0.717) is 11.7 Å². The normalized spacial score (nSPS) is 45.8. The van der Waals surface area contributed by atoms with Gasteiger partial charge in [-0.3, -0.25) is 0 Å². The molecular weight excluding hydrogens is 202 g/mol. The van der Waals surface area contributed by atoms with Crippen molar-refractivity contribution in [2.75, 3.05) is 0 Å². The number of nitrogens with zero attached hydrogens (tertiary/aromatic N) is 2. The minimum Gasteiger partial charge on any atom is -0.339 e. The van der Waals surface area contributed by atoms with Crippen molar-refractivity contribution in [2.45, 2.75) is 38.1 Å². The summed E-state index contributed by atoms with van der Waals surface area (Å²) in [4.78, 5) is 4.45. The van der Waals surface area contributed by atoms with E-state index >= 15 is 0 Å².